The van der Waals surface area contributed by atoms with E-state index in [-0.39, 0.29) is 5.41 Å². The zero-order valence-electron chi connectivity index (χ0n) is 18.8. The highest BCUT2D eigenvalue weighted by Gasteiger charge is 2.58. The summed E-state index contributed by atoms with van der Waals surface area (Å²) >= 11 is -0.750. The lowest BCUT2D eigenvalue weighted by molar-refractivity contribution is -0.000299. The van der Waals surface area contributed by atoms with E-state index >= 15 is 0 Å². The molecule has 2 aliphatic heterocycles. The van der Waals surface area contributed by atoms with Gasteiger partial charge in [-0.25, -0.2) is 0 Å². The van der Waals surface area contributed by atoms with Gasteiger partial charge in [0.2, 0.25) is 0 Å². The molecule has 2 aromatic rings. The lowest BCUT2D eigenvalue weighted by atomic mass is 9.77. The number of aryl methyl sites for hydroxylation is 1. The van der Waals surface area contributed by atoms with Crippen molar-refractivity contribution >= 4 is 29.0 Å². The summed E-state index contributed by atoms with van der Waals surface area (Å²) in [4.78, 5) is 4.54. The molecule has 6 heteroatoms. The van der Waals surface area contributed by atoms with Crippen LogP contribution >= 0.6 is 0 Å². The van der Waals surface area contributed by atoms with Crippen LogP contribution in [0.3, 0.4) is 0 Å². The predicted octanol–water partition coefficient (Wildman–Crippen LogP) is 4.48. The standard InChI is InChI=1S/C25H30N2O.O2S/c1-19-9-14-23-22(18-19)24(2,3)25(27(23)16-17-28-25)15-7-6-8-20-10-12-21(13-11-20)26(4)5;1-3-2/h6-15,18H,16-17H2,1-5H3;. The highest BCUT2D eigenvalue weighted by molar-refractivity contribution is 7.51. The van der Waals surface area contributed by atoms with Crippen molar-refractivity contribution in [1.29, 1.82) is 0 Å². The average molecular weight is 439 g/mol. The second kappa shape index (κ2) is 9.20. The lowest BCUT2D eigenvalue weighted by Crippen LogP contribution is -2.51. The molecule has 1 fully saturated rings. The molecule has 0 spiro atoms. The zero-order valence-corrected chi connectivity index (χ0v) is 19.6. The van der Waals surface area contributed by atoms with Gasteiger partial charge in [-0.2, -0.15) is 8.42 Å². The normalized spacial score (nSPS) is 21.0. The van der Waals surface area contributed by atoms with E-state index < -0.39 is 17.3 Å². The Labute approximate surface area is 188 Å². The first-order valence-corrected chi connectivity index (χ1v) is 11.0. The molecule has 1 saturated heterocycles. The lowest BCUT2D eigenvalue weighted by Gasteiger charge is -2.39. The summed E-state index contributed by atoms with van der Waals surface area (Å²) < 4.78 is 23.0. The Morgan fingerprint density at radius 2 is 1.74 bits per heavy atom. The van der Waals surface area contributed by atoms with Gasteiger partial charge in [0, 0.05) is 37.4 Å². The van der Waals surface area contributed by atoms with Crippen LogP contribution in [0.2, 0.25) is 0 Å². The van der Waals surface area contributed by atoms with Crippen LogP contribution in [-0.2, 0) is 21.7 Å². The van der Waals surface area contributed by atoms with Gasteiger partial charge in [-0.3, -0.25) is 0 Å². The third-order valence-electron chi connectivity index (χ3n) is 6.18. The maximum absolute atomic E-state index is 8.29. The third-order valence-corrected chi connectivity index (χ3v) is 6.18. The van der Waals surface area contributed by atoms with Crippen molar-refractivity contribution in [1.82, 2.24) is 0 Å². The van der Waals surface area contributed by atoms with Gasteiger partial charge in [0.1, 0.15) is 0 Å². The minimum absolute atomic E-state index is 0.109. The fourth-order valence-electron chi connectivity index (χ4n) is 4.52. The molecule has 0 saturated carbocycles. The van der Waals surface area contributed by atoms with E-state index in [0.29, 0.717) is 0 Å². The third kappa shape index (κ3) is 4.23. The van der Waals surface area contributed by atoms with Gasteiger partial charge in [-0.05, 0) is 42.3 Å². The van der Waals surface area contributed by atoms with Crippen LogP contribution in [0.5, 0.6) is 0 Å². The molecule has 0 aromatic heterocycles. The summed E-state index contributed by atoms with van der Waals surface area (Å²) in [6.45, 7) is 8.44. The highest BCUT2D eigenvalue weighted by Crippen LogP contribution is 2.55. The van der Waals surface area contributed by atoms with E-state index in [1.54, 1.807) is 0 Å². The number of hydrogen-bond donors (Lipinski definition) is 0. The van der Waals surface area contributed by atoms with E-state index in [4.69, 9.17) is 13.2 Å². The first kappa shape index (κ1) is 23.0. The minimum Gasteiger partial charge on any atom is -0.378 e. The summed E-state index contributed by atoms with van der Waals surface area (Å²) in [6.07, 6.45) is 8.63. The van der Waals surface area contributed by atoms with Crippen molar-refractivity contribution in [3.05, 3.63) is 77.4 Å². The Morgan fingerprint density at radius 1 is 1.06 bits per heavy atom. The molecule has 0 N–H and O–H groups in total. The molecule has 0 radical (unpaired) electrons. The van der Waals surface area contributed by atoms with Crippen molar-refractivity contribution in [3.8, 4) is 0 Å². The average Bonchev–Trinajstić information content (AvgIpc) is 3.23. The molecule has 2 aromatic carbocycles. The maximum atomic E-state index is 8.29. The topological polar surface area (TPSA) is 49.9 Å². The Morgan fingerprint density at radius 3 is 2.39 bits per heavy atom. The molecule has 5 nitrogen and oxygen atoms in total. The number of benzene rings is 2. The molecule has 1 atom stereocenters. The van der Waals surface area contributed by atoms with Crippen molar-refractivity contribution in [2.45, 2.75) is 31.9 Å². The van der Waals surface area contributed by atoms with E-state index in [2.05, 4.69) is 111 Å². The molecule has 1 unspecified atom stereocenters. The van der Waals surface area contributed by atoms with Crippen LogP contribution in [0.25, 0.3) is 6.08 Å². The van der Waals surface area contributed by atoms with Crippen molar-refractivity contribution in [3.63, 3.8) is 0 Å². The van der Waals surface area contributed by atoms with Gasteiger partial charge in [0.15, 0.2) is 5.72 Å². The number of allylic oxidation sites excluding steroid dienone is 2. The van der Waals surface area contributed by atoms with Crippen LogP contribution in [0.4, 0.5) is 11.4 Å². The predicted molar refractivity (Wildman–Crippen MR) is 128 cm³/mol. The van der Waals surface area contributed by atoms with Crippen LogP contribution in [0.15, 0.2) is 60.7 Å². The van der Waals surface area contributed by atoms with Crippen molar-refractivity contribution in [2.24, 2.45) is 0 Å². The molecular formula is C25H30N2O3S. The smallest absolute Gasteiger partial charge is 0.335 e. The first-order valence-electron chi connectivity index (χ1n) is 10.3. The monoisotopic (exact) mass is 438 g/mol. The van der Waals surface area contributed by atoms with Gasteiger partial charge in [0.25, 0.3) is 0 Å². The van der Waals surface area contributed by atoms with Crippen molar-refractivity contribution in [2.75, 3.05) is 37.0 Å². The van der Waals surface area contributed by atoms with E-state index in [1.807, 2.05) is 0 Å². The molecule has 2 heterocycles. The van der Waals surface area contributed by atoms with Crippen LogP contribution in [0, 0.1) is 6.92 Å². The molecule has 0 aliphatic carbocycles. The molecule has 0 bridgehead atoms. The van der Waals surface area contributed by atoms with Crippen LogP contribution < -0.4 is 9.80 Å². The van der Waals surface area contributed by atoms with Gasteiger partial charge in [0.05, 0.1) is 6.61 Å². The highest BCUT2D eigenvalue weighted by atomic mass is 32.1. The number of ether oxygens (including phenoxy) is 1. The van der Waals surface area contributed by atoms with E-state index in [0.717, 1.165) is 13.2 Å². The molecule has 31 heavy (non-hydrogen) atoms. The van der Waals surface area contributed by atoms with Crippen LogP contribution in [-0.4, -0.2) is 41.4 Å². The van der Waals surface area contributed by atoms with Crippen molar-refractivity contribution < 1.29 is 13.2 Å². The molecule has 4 rings (SSSR count). The molecule has 164 valence electrons. The fourth-order valence-corrected chi connectivity index (χ4v) is 4.52. The Hall–Kier alpha value is -2.70. The van der Waals surface area contributed by atoms with Gasteiger partial charge in [-0.1, -0.05) is 61.9 Å². The van der Waals surface area contributed by atoms with Crippen LogP contribution in [0.1, 0.15) is 30.5 Å². The quantitative estimate of drug-likeness (QED) is 0.659. The minimum atomic E-state index is -0.750. The van der Waals surface area contributed by atoms with Gasteiger partial charge in [-0.15, -0.1) is 0 Å². The SMILES string of the molecule is Cc1ccc2c(c1)C(C)(C)C1(C=CC=Cc3ccc(N(C)C)cc3)OCCN21.O=S=O. The van der Waals surface area contributed by atoms with Gasteiger partial charge >= 0.3 is 11.6 Å². The number of anilines is 2. The second-order valence-corrected chi connectivity index (χ2v) is 8.75. The molecular weight excluding hydrogens is 408 g/mol. The Kier molecular flexibility index (Phi) is 6.82. The number of hydrogen-bond acceptors (Lipinski definition) is 5. The second-order valence-electron chi connectivity index (χ2n) is 8.61. The Balaban J connectivity index is 0.000000858. The number of nitrogens with zero attached hydrogens (tertiary/aromatic N) is 2. The number of rotatable bonds is 4. The fraction of sp³-hybridized carbons (Fsp3) is 0.360. The van der Waals surface area contributed by atoms with E-state index in [9.17, 15) is 0 Å². The maximum Gasteiger partial charge on any atom is 0.335 e. The summed E-state index contributed by atoms with van der Waals surface area (Å²) in [5.41, 5.74) is 5.86. The summed E-state index contributed by atoms with van der Waals surface area (Å²) in [7, 11) is 4.12. The Bertz CT molecular complexity index is 1020. The molecule has 2 aliphatic rings. The van der Waals surface area contributed by atoms with E-state index in [1.165, 1.54) is 28.1 Å². The molecule has 0 amide bonds. The summed E-state index contributed by atoms with van der Waals surface area (Å²) in [5.74, 6) is 0. The largest absolute Gasteiger partial charge is 0.378 e. The summed E-state index contributed by atoms with van der Waals surface area (Å²) in [5, 5.41) is 0. The first-order chi connectivity index (χ1) is 14.8. The van der Waals surface area contributed by atoms with Gasteiger partial charge < -0.3 is 14.5 Å². The summed E-state index contributed by atoms with van der Waals surface area (Å²) in [6, 6.07) is 15.3. The zero-order chi connectivity index (χ0) is 22.6. The number of fused-ring (bicyclic) bond motifs is 3.